The molecule has 0 aliphatic carbocycles. The van der Waals surface area contributed by atoms with E-state index in [-0.39, 0.29) is 10.9 Å². The third kappa shape index (κ3) is 3.43. The van der Waals surface area contributed by atoms with Gasteiger partial charge in [0.1, 0.15) is 4.90 Å². The first-order valence-electron chi connectivity index (χ1n) is 6.65. The van der Waals surface area contributed by atoms with Gasteiger partial charge in [-0.2, -0.15) is 0 Å². The van der Waals surface area contributed by atoms with Gasteiger partial charge in [0.25, 0.3) is 0 Å². The number of hydrogen-bond acceptors (Lipinski definition) is 4. The molecular weight excluding hydrogens is 288 g/mol. The highest BCUT2D eigenvalue weighted by molar-refractivity contribution is 7.89. The van der Waals surface area contributed by atoms with Gasteiger partial charge in [0.2, 0.25) is 10.0 Å². The fraction of sp³-hybridized carbons (Fsp3) is 0.357. The number of anilines is 1. The fourth-order valence-electron chi connectivity index (χ4n) is 2.24. The van der Waals surface area contributed by atoms with Crippen molar-refractivity contribution < 1.29 is 8.42 Å². The van der Waals surface area contributed by atoms with Crippen LogP contribution in [-0.4, -0.2) is 24.0 Å². The molecule has 0 bridgehead atoms. The van der Waals surface area contributed by atoms with Crippen molar-refractivity contribution in [3.05, 3.63) is 42.0 Å². The van der Waals surface area contributed by atoms with E-state index in [4.69, 9.17) is 5.73 Å². The van der Waals surface area contributed by atoms with Crippen LogP contribution in [0.15, 0.2) is 35.7 Å². The Bertz CT molecular complexity index is 724. The van der Waals surface area contributed by atoms with Crippen LogP contribution in [0.25, 0.3) is 0 Å². The topological polar surface area (TPSA) is 90.0 Å². The molecule has 0 saturated carbocycles. The largest absolute Gasteiger partial charge is 0.397 e. The smallest absolute Gasteiger partial charge is 0.243 e. The van der Waals surface area contributed by atoms with E-state index >= 15 is 0 Å². The summed E-state index contributed by atoms with van der Waals surface area (Å²) in [5.41, 5.74) is 7.64. The standard InChI is InChI=1S/C14H20N4O2S/c1-10-4-5-11(2)14(13(10)15)21(19,20)17-12(3)8-18-7-6-16-9-18/h4-7,9,12,17H,8,15H2,1-3H3. The molecule has 1 aromatic heterocycles. The molecule has 1 atom stereocenters. The molecule has 0 saturated heterocycles. The second kappa shape index (κ2) is 5.87. The van der Waals surface area contributed by atoms with E-state index in [9.17, 15) is 8.42 Å². The molecule has 0 fully saturated rings. The number of sulfonamides is 1. The number of imidazole rings is 1. The van der Waals surface area contributed by atoms with Crippen LogP contribution in [0.2, 0.25) is 0 Å². The van der Waals surface area contributed by atoms with E-state index in [1.165, 1.54) is 0 Å². The van der Waals surface area contributed by atoms with Gasteiger partial charge in [-0.25, -0.2) is 18.1 Å². The number of aryl methyl sites for hydroxylation is 2. The summed E-state index contributed by atoms with van der Waals surface area (Å²) in [5.74, 6) is 0. The van der Waals surface area contributed by atoms with Gasteiger partial charge in [-0.05, 0) is 31.9 Å². The molecular formula is C14H20N4O2S. The van der Waals surface area contributed by atoms with Crippen LogP contribution in [0.5, 0.6) is 0 Å². The summed E-state index contributed by atoms with van der Waals surface area (Å²) in [7, 11) is -3.66. The summed E-state index contributed by atoms with van der Waals surface area (Å²) in [6, 6.07) is 3.31. The van der Waals surface area contributed by atoms with Crippen molar-refractivity contribution in [2.75, 3.05) is 5.73 Å². The van der Waals surface area contributed by atoms with Crippen LogP contribution in [-0.2, 0) is 16.6 Å². The number of nitrogens with zero attached hydrogens (tertiary/aromatic N) is 2. The zero-order valence-corrected chi connectivity index (χ0v) is 13.2. The van der Waals surface area contributed by atoms with E-state index in [0.717, 1.165) is 5.56 Å². The van der Waals surface area contributed by atoms with E-state index in [0.29, 0.717) is 17.8 Å². The summed E-state index contributed by atoms with van der Waals surface area (Å²) >= 11 is 0. The van der Waals surface area contributed by atoms with Crippen LogP contribution in [0, 0.1) is 13.8 Å². The van der Waals surface area contributed by atoms with Gasteiger partial charge in [-0.3, -0.25) is 0 Å². The molecule has 1 heterocycles. The Labute approximate surface area is 125 Å². The third-order valence-corrected chi connectivity index (χ3v) is 5.07. The Balaban J connectivity index is 2.25. The molecule has 0 aliphatic rings. The van der Waals surface area contributed by atoms with Crippen LogP contribution < -0.4 is 10.5 Å². The normalized spacial score (nSPS) is 13.3. The molecule has 0 radical (unpaired) electrons. The number of nitrogen functional groups attached to an aromatic ring is 1. The average Bonchev–Trinajstić information content (AvgIpc) is 2.85. The molecule has 114 valence electrons. The molecule has 0 amide bonds. The number of nitrogens with one attached hydrogen (secondary N) is 1. The van der Waals surface area contributed by atoms with Gasteiger partial charge >= 0.3 is 0 Å². The molecule has 7 heteroatoms. The first-order valence-corrected chi connectivity index (χ1v) is 8.13. The average molecular weight is 308 g/mol. The quantitative estimate of drug-likeness (QED) is 0.818. The van der Waals surface area contributed by atoms with E-state index in [2.05, 4.69) is 9.71 Å². The molecule has 6 nitrogen and oxygen atoms in total. The minimum absolute atomic E-state index is 0.167. The maximum Gasteiger partial charge on any atom is 0.243 e. The summed E-state index contributed by atoms with van der Waals surface area (Å²) < 4.78 is 29.6. The Morgan fingerprint density at radius 1 is 1.33 bits per heavy atom. The first-order chi connectivity index (χ1) is 9.81. The Morgan fingerprint density at radius 2 is 2.00 bits per heavy atom. The number of benzene rings is 1. The number of nitrogens with two attached hydrogens (primary N) is 1. The maximum atomic E-state index is 12.5. The highest BCUT2D eigenvalue weighted by Gasteiger charge is 2.23. The number of hydrogen-bond donors (Lipinski definition) is 2. The SMILES string of the molecule is Cc1ccc(C)c(S(=O)(=O)NC(C)Cn2ccnc2)c1N. The molecule has 0 spiro atoms. The molecule has 3 N–H and O–H groups in total. The maximum absolute atomic E-state index is 12.5. The highest BCUT2D eigenvalue weighted by Crippen LogP contribution is 2.25. The lowest BCUT2D eigenvalue weighted by Gasteiger charge is -2.18. The van der Waals surface area contributed by atoms with Crippen molar-refractivity contribution in [1.82, 2.24) is 14.3 Å². The molecule has 2 rings (SSSR count). The van der Waals surface area contributed by atoms with Crippen molar-refractivity contribution in [3.8, 4) is 0 Å². The zero-order chi connectivity index (χ0) is 15.6. The lowest BCUT2D eigenvalue weighted by atomic mass is 10.1. The summed E-state index contributed by atoms with van der Waals surface area (Å²) in [6.07, 6.45) is 5.10. The summed E-state index contributed by atoms with van der Waals surface area (Å²) in [6.45, 7) is 5.84. The Hall–Kier alpha value is -1.86. The Morgan fingerprint density at radius 3 is 2.62 bits per heavy atom. The third-order valence-electron chi connectivity index (χ3n) is 3.28. The molecule has 1 aromatic carbocycles. The minimum Gasteiger partial charge on any atom is -0.397 e. The van der Waals surface area contributed by atoms with E-state index in [1.54, 1.807) is 45.6 Å². The molecule has 0 aliphatic heterocycles. The predicted octanol–water partition coefficient (Wildman–Crippen LogP) is 1.45. The van der Waals surface area contributed by atoms with Gasteiger partial charge in [0.05, 0.1) is 12.0 Å². The van der Waals surface area contributed by atoms with Crippen molar-refractivity contribution >= 4 is 15.7 Å². The predicted molar refractivity (Wildman–Crippen MR) is 82.3 cm³/mol. The molecule has 2 aromatic rings. The Kier molecular flexibility index (Phi) is 4.34. The molecule has 21 heavy (non-hydrogen) atoms. The second-order valence-corrected chi connectivity index (χ2v) is 6.87. The van der Waals surface area contributed by atoms with Crippen LogP contribution in [0.4, 0.5) is 5.69 Å². The summed E-state index contributed by atoms with van der Waals surface area (Å²) in [5, 5.41) is 0. The van der Waals surface area contributed by atoms with Gasteiger partial charge in [0, 0.05) is 25.0 Å². The number of aromatic nitrogens is 2. The highest BCUT2D eigenvalue weighted by atomic mass is 32.2. The van der Waals surface area contributed by atoms with E-state index < -0.39 is 10.0 Å². The zero-order valence-electron chi connectivity index (χ0n) is 12.4. The lowest BCUT2D eigenvalue weighted by molar-refractivity contribution is 0.520. The minimum atomic E-state index is -3.66. The monoisotopic (exact) mass is 308 g/mol. The van der Waals surface area contributed by atoms with Gasteiger partial charge in [-0.1, -0.05) is 12.1 Å². The number of rotatable bonds is 5. The summed E-state index contributed by atoms with van der Waals surface area (Å²) in [4.78, 5) is 4.10. The van der Waals surface area contributed by atoms with Crippen molar-refractivity contribution in [3.63, 3.8) is 0 Å². The van der Waals surface area contributed by atoms with Crippen LogP contribution in [0.1, 0.15) is 18.1 Å². The van der Waals surface area contributed by atoms with Crippen molar-refractivity contribution in [2.45, 2.75) is 38.3 Å². The van der Waals surface area contributed by atoms with Gasteiger partial charge in [-0.15, -0.1) is 0 Å². The van der Waals surface area contributed by atoms with Gasteiger partial charge in [0.15, 0.2) is 0 Å². The fourth-order valence-corrected chi connectivity index (χ4v) is 3.90. The van der Waals surface area contributed by atoms with Crippen LogP contribution >= 0.6 is 0 Å². The van der Waals surface area contributed by atoms with Crippen molar-refractivity contribution in [2.24, 2.45) is 0 Å². The van der Waals surface area contributed by atoms with Gasteiger partial charge < -0.3 is 10.3 Å². The van der Waals surface area contributed by atoms with E-state index in [1.807, 2.05) is 10.6 Å². The molecule has 1 unspecified atom stereocenters. The first kappa shape index (κ1) is 15.5. The lowest BCUT2D eigenvalue weighted by Crippen LogP contribution is -2.36. The van der Waals surface area contributed by atoms with Crippen LogP contribution in [0.3, 0.4) is 0 Å². The second-order valence-electron chi connectivity index (χ2n) is 5.22. The van der Waals surface area contributed by atoms with Crippen molar-refractivity contribution in [1.29, 1.82) is 0 Å².